The van der Waals surface area contributed by atoms with Crippen molar-refractivity contribution in [1.29, 1.82) is 0 Å². The van der Waals surface area contributed by atoms with Crippen LogP contribution in [0, 0.1) is 0 Å². The fourth-order valence-electron chi connectivity index (χ4n) is 1.66. The molecule has 1 fully saturated rings. The van der Waals surface area contributed by atoms with Crippen LogP contribution in [0.4, 0.5) is 5.69 Å². The van der Waals surface area contributed by atoms with Gasteiger partial charge in [-0.05, 0) is 19.2 Å². The van der Waals surface area contributed by atoms with Gasteiger partial charge in [-0.1, -0.05) is 18.2 Å². The van der Waals surface area contributed by atoms with Gasteiger partial charge in [-0.25, -0.2) is 0 Å². The van der Waals surface area contributed by atoms with E-state index in [0.29, 0.717) is 12.6 Å². The van der Waals surface area contributed by atoms with Gasteiger partial charge in [0.05, 0.1) is 6.54 Å². The van der Waals surface area contributed by atoms with E-state index in [1.54, 1.807) is 0 Å². The molecule has 0 aliphatic carbocycles. The Morgan fingerprint density at radius 3 is 2.59 bits per heavy atom. The number of nitrogens with zero attached hydrogens (tertiary/aromatic N) is 1. The molecule has 94 valence electrons. The quantitative estimate of drug-likeness (QED) is 0.842. The number of carbonyl (C=O) groups is 1. The first kappa shape index (κ1) is 14.0. The van der Waals surface area contributed by atoms with Gasteiger partial charge in [0.25, 0.3) is 0 Å². The van der Waals surface area contributed by atoms with Crippen LogP contribution in [-0.4, -0.2) is 43.5 Å². The molecule has 2 N–H and O–H groups in total. The van der Waals surface area contributed by atoms with Gasteiger partial charge in [-0.2, -0.15) is 0 Å². The highest BCUT2D eigenvalue weighted by molar-refractivity contribution is 5.92. The second-order valence-electron chi connectivity index (χ2n) is 4.14. The second-order valence-corrected chi connectivity index (χ2v) is 4.14. The molecule has 0 atom stereocenters. The predicted octanol–water partition coefficient (Wildman–Crippen LogP) is 0.950. The van der Waals surface area contributed by atoms with Crippen molar-refractivity contribution in [3.63, 3.8) is 0 Å². The van der Waals surface area contributed by atoms with Crippen LogP contribution < -0.4 is 10.6 Å². The van der Waals surface area contributed by atoms with Crippen LogP contribution in [-0.2, 0) is 4.79 Å². The first-order valence-electron chi connectivity index (χ1n) is 5.51. The number of amides is 1. The van der Waals surface area contributed by atoms with Crippen LogP contribution in [0.3, 0.4) is 0 Å². The number of carbonyl (C=O) groups excluding carboxylic acids is 1. The molecule has 0 aromatic heterocycles. The van der Waals surface area contributed by atoms with Gasteiger partial charge < -0.3 is 10.6 Å². The molecule has 5 heteroatoms. The Morgan fingerprint density at radius 1 is 1.41 bits per heavy atom. The zero-order chi connectivity index (χ0) is 11.4. The first-order chi connectivity index (χ1) is 7.75. The third-order valence-corrected chi connectivity index (χ3v) is 2.83. The lowest BCUT2D eigenvalue weighted by atomic mass is 10.1. The Labute approximate surface area is 108 Å². The van der Waals surface area contributed by atoms with Crippen LogP contribution >= 0.6 is 12.4 Å². The summed E-state index contributed by atoms with van der Waals surface area (Å²) in [4.78, 5) is 13.8. The molecule has 0 spiro atoms. The smallest absolute Gasteiger partial charge is 0.238 e. The monoisotopic (exact) mass is 255 g/mol. The molecule has 0 saturated carbocycles. The highest BCUT2D eigenvalue weighted by Crippen LogP contribution is 2.06. The van der Waals surface area contributed by atoms with E-state index in [1.165, 1.54) is 0 Å². The van der Waals surface area contributed by atoms with Gasteiger partial charge in [0, 0.05) is 24.8 Å². The van der Waals surface area contributed by atoms with Crippen LogP contribution in [0.15, 0.2) is 30.3 Å². The van der Waals surface area contributed by atoms with E-state index in [9.17, 15) is 4.79 Å². The molecule has 1 aliphatic rings. The number of benzene rings is 1. The SMILES string of the molecule is CN(CC(=O)Nc1ccccc1)C1CNC1.Cl. The van der Waals surface area contributed by atoms with E-state index in [1.807, 2.05) is 37.4 Å². The Kier molecular flexibility index (Phi) is 5.41. The molecule has 1 aromatic rings. The molecule has 1 aromatic carbocycles. The standard InChI is InChI=1S/C12H17N3O.ClH/c1-15(11-7-13-8-11)9-12(16)14-10-5-3-2-4-6-10;/h2-6,11,13H,7-9H2,1H3,(H,14,16);1H. The molecule has 0 bridgehead atoms. The van der Waals surface area contributed by atoms with Gasteiger partial charge in [0.2, 0.25) is 5.91 Å². The van der Waals surface area contributed by atoms with Crippen molar-refractivity contribution in [2.24, 2.45) is 0 Å². The van der Waals surface area contributed by atoms with Gasteiger partial charge in [-0.3, -0.25) is 9.69 Å². The van der Waals surface area contributed by atoms with E-state index >= 15 is 0 Å². The van der Waals surface area contributed by atoms with Crippen molar-refractivity contribution in [3.8, 4) is 0 Å². The maximum Gasteiger partial charge on any atom is 0.238 e. The normalized spacial score (nSPS) is 14.9. The maximum atomic E-state index is 11.7. The Hall–Kier alpha value is -1.10. The molecule has 2 rings (SSSR count). The third-order valence-electron chi connectivity index (χ3n) is 2.83. The number of para-hydroxylation sites is 1. The molecule has 0 unspecified atom stereocenters. The van der Waals surface area contributed by atoms with Crippen molar-refractivity contribution >= 4 is 24.0 Å². The molecular formula is C12H18ClN3O. The fraction of sp³-hybridized carbons (Fsp3) is 0.417. The lowest BCUT2D eigenvalue weighted by Gasteiger charge is -2.35. The lowest BCUT2D eigenvalue weighted by molar-refractivity contribution is -0.117. The summed E-state index contributed by atoms with van der Waals surface area (Å²) in [5, 5.41) is 6.07. The van der Waals surface area contributed by atoms with Gasteiger partial charge in [0.1, 0.15) is 0 Å². The third kappa shape index (κ3) is 4.00. The summed E-state index contributed by atoms with van der Waals surface area (Å²) in [6, 6.07) is 10.0. The summed E-state index contributed by atoms with van der Waals surface area (Å²) in [7, 11) is 1.98. The summed E-state index contributed by atoms with van der Waals surface area (Å²) in [6.45, 7) is 2.41. The van der Waals surface area contributed by atoms with E-state index in [2.05, 4.69) is 15.5 Å². The van der Waals surface area contributed by atoms with Crippen molar-refractivity contribution in [1.82, 2.24) is 10.2 Å². The number of anilines is 1. The number of nitrogens with one attached hydrogen (secondary N) is 2. The molecular weight excluding hydrogens is 238 g/mol. The van der Waals surface area contributed by atoms with Crippen molar-refractivity contribution < 1.29 is 4.79 Å². The van der Waals surface area contributed by atoms with Gasteiger partial charge >= 0.3 is 0 Å². The number of rotatable bonds is 4. The Balaban J connectivity index is 0.00000144. The molecule has 1 amide bonds. The minimum atomic E-state index is 0. The van der Waals surface area contributed by atoms with E-state index < -0.39 is 0 Å². The average Bonchev–Trinajstić information content (AvgIpc) is 2.15. The van der Waals surface area contributed by atoms with E-state index in [0.717, 1.165) is 18.8 Å². The predicted molar refractivity (Wildman–Crippen MR) is 71.6 cm³/mol. The van der Waals surface area contributed by atoms with Crippen molar-refractivity contribution in [3.05, 3.63) is 30.3 Å². The Morgan fingerprint density at radius 2 is 2.06 bits per heavy atom. The minimum absolute atomic E-state index is 0. The van der Waals surface area contributed by atoms with Crippen LogP contribution in [0.25, 0.3) is 0 Å². The lowest BCUT2D eigenvalue weighted by Crippen LogP contribution is -2.57. The second kappa shape index (κ2) is 6.59. The van der Waals surface area contributed by atoms with Crippen molar-refractivity contribution in [2.75, 3.05) is 32.0 Å². The summed E-state index contributed by atoms with van der Waals surface area (Å²) >= 11 is 0. The zero-order valence-corrected chi connectivity index (χ0v) is 10.7. The summed E-state index contributed by atoms with van der Waals surface area (Å²) in [6.07, 6.45) is 0. The summed E-state index contributed by atoms with van der Waals surface area (Å²) in [5.41, 5.74) is 0.854. The first-order valence-corrected chi connectivity index (χ1v) is 5.51. The largest absolute Gasteiger partial charge is 0.325 e. The number of hydrogen-bond donors (Lipinski definition) is 2. The van der Waals surface area contributed by atoms with Gasteiger partial charge in [-0.15, -0.1) is 12.4 Å². The van der Waals surface area contributed by atoms with Crippen molar-refractivity contribution in [2.45, 2.75) is 6.04 Å². The highest BCUT2D eigenvalue weighted by Gasteiger charge is 2.22. The number of halogens is 1. The minimum Gasteiger partial charge on any atom is -0.325 e. The van der Waals surface area contributed by atoms with Crippen LogP contribution in [0.1, 0.15) is 0 Å². The molecule has 0 radical (unpaired) electrons. The molecule has 1 saturated heterocycles. The zero-order valence-electron chi connectivity index (χ0n) is 9.85. The van der Waals surface area contributed by atoms with Gasteiger partial charge in [0.15, 0.2) is 0 Å². The van der Waals surface area contributed by atoms with E-state index in [4.69, 9.17) is 0 Å². The average molecular weight is 256 g/mol. The van der Waals surface area contributed by atoms with Crippen LogP contribution in [0.5, 0.6) is 0 Å². The highest BCUT2D eigenvalue weighted by atomic mass is 35.5. The summed E-state index contributed by atoms with van der Waals surface area (Å²) in [5.74, 6) is 0.0422. The summed E-state index contributed by atoms with van der Waals surface area (Å²) < 4.78 is 0. The van der Waals surface area contributed by atoms with E-state index in [-0.39, 0.29) is 18.3 Å². The molecule has 1 heterocycles. The Bertz CT molecular complexity index is 354. The van der Waals surface area contributed by atoms with Crippen LogP contribution in [0.2, 0.25) is 0 Å². The molecule has 1 aliphatic heterocycles. The number of likely N-dealkylation sites (N-methyl/N-ethyl adjacent to an activating group) is 1. The topological polar surface area (TPSA) is 44.4 Å². The molecule has 17 heavy (non-hydrogen) atoms. The molecule has 4 nitrogen and oxygen atoms in total. The number of hydrogen-bond acceptors (Lipinski definition) is 3. The maximum absolute atomic E-state index is 11.7. The fourth-order valence-corrected chi connectivity index (χ4v) is 1.66.